The first-order chi connectivity index (χ1) is 11.9. The molecule has 25 heavy (non-hydrogen) atoms. The first-order valence-corrected chi connectivity index (χ1v) is 8.77. The van der Waals surface area contributed by atoms with Gasteiger partial charge in [-0.3, -0.25) is 4.79 Å². The van der Waals surface area contributed by atoms with Crippen LogP contribution in [0.3, 0.4) is 0 Å². The van der Waals surface area contributed by atoms with Crippen molar-refractivity contribution in [1.82, 2.24) is 5.32 Å². The molecule has 0 saturated carbocycles. The third-order valence-electron chi connectivity index (χ3n) is 4.63. The Morgan fingerprint density at radius 3 is 2.52 bits per heavy atom. The number of hydrogen-bond acceptors (Lipinski definition) is 2. The van der Waals surface area contributed by atoms with Crippen LogP contribution in [0, 0.1) is 13.8 Å². The molecule has 3 nitrogen and oxygen atoms in total. The third-order valence-corrected chi connectivity index (χ3v) is 4.63. The van der Waals surface area contributed by atoms with E-state index in [9.17, 15) is 4.79 Å². The van der Waals surface area contributed by atoms with Crippen LogP contribution in [0.2, 0.25) is 0 Å². The predicted molar refractivity (Wildman–Crippen MR) is 102 cm³/mol. The minimum atomic E-state index is 0.00921. The normalized spacial score (nSPS) is 11.2. The fraction of sp³-hybridized carbons (Fsp3) is 0.318. The van der Waals surface area contributed by atoms with Gasteiger partial charge in [0.15, 0.2) is 0 Å². The largest absolute Gasteiger partial charge is 0.464 e. The van der Waals surface area contributed by atoms with Gasteiger partial charge in [-0.1, -0.05) is 43.7 Å². The second-order valence-corrected chi connectivity index (χ2v) is 7.06. The van der Waals surface area contributed by atoms with Crippen LogP contribution in [-0.4, -0.2) is 5.91 Å². The Kier molecular flexibility index (Phi) is 4.93. The summed E-state index contributed by atoms with van der Waals surface area (Å²) < 4.78 is 5.66. The van der Waals surface area contributed by atoms with Gasteiger partial charge >= 0.3 is 0 Å². The first kappa shape index (κ1) is 17.3. The SMILES string of the molecule is Cc1ccc(CNC(=O)Cc2coc3cc(C)c(C(C)C)cc23)cc1. The number of fused-ring (bicyclic) bond motifs is 1. The zero-order valence-electron chi connectivity index (χ0n) is 15.3. The molecule has 0 bridgehead atoms. The number of hydrogen-bond donors (Lipinski definition) is 1. The molecule has 0 unspecified atom stereocenters. The number of benzene rings is 2. The number of amides is 1. The van der Waals surface area contributed by atoms with E-state index in [0.717, 1.165) is 22.1 Å². The van der Waals surface area contributed by atoms with Gasteiger partial charge in [0.25, 0.3) is 0 Å². The molecule has 0 atom stereocenters. The third kappa shape index (κ3) is 3.93. The van der Waals surface area contributed by atoms with E-state index >= 15 is 0 Å². The van der Waals surface area contributed by atoms with E-state index in [1.807, 2.05) is 12.1 Å². The summed E-state index contributed by atoms with van der Waals surface area (Å²) in [5, 5.41) is 4.03. The zero-order valence-corrected chi connectivity index (χ0v) is 15.3. The lowest BCUT2D eigenvalue weighted by Gasteiger charge is -2.10. The average Bonchev–Trinajstić information content (AvgIpc) is 2.95. The fourth-order valence-corrected chi connectivity index (χ4v) is 3.15. The number of nitrogens with one attached hydrogen (secondary N) is 1. The highest BCUT2D eigenvalue weighted by molar-refractivity contribution is 5.88. The summed E-state index contributed by atoms with van der Waals surface area (Å²) in [6.07, 6.45) is 2.04. The zero-order chi connectivity index (χ0) is 18.0. The Morgan fingerprint density at radius 2 is 1.84 bits per heavy atom. The molecular weight excluding hydrogens is 310 g/mol. The molecule has 0 saturated heterocycles. The van der Waals surface area contributed by atoms with E-state index < -0.39 is 0 Å². The Balaban J connectivity index is 1.72. The molecule has 0 radical (unpaired) electrons. The van der Waals surface area contributed by atoms with Crippen molar-refractivity contribution in [3.05, 3.63) is 70.5 Å². The lowest BCUT2D eigenvalue weighted by Crippen LogP contribution is -2.24. The average molecular weight is 335 g/mol. The van der Waals surface area contributed by atoms with Crippen LogP contribution in [0.4, 0.5) is 0 Å². The number of aryl methyl sites for hydroxylation is 2. The van der Waals surface area contributed by atoms with Crippen LogP contribution in [0.5, 0.6) is 0 Å². The quantitative estimate of drug-likeness (QED) is 0.710. The molecule has 3 heteroatoms. The minimum Gasteiger partial charge on any atom is -0.464 e. The molecule has 0 spiro atoms. The molecule has 2 aromatic carbocycles. The van der Waals surface area contributed by atoms with Gasteiger partial charge in [-0.2, -0.15) is 0 Å². The van der Waals surface area contributed by atoms with Gasteiger partial charge < -0.3 is 9.73 Å². The highest BCUT2D eigenvalue weighted by Gasteiger charge is 2.13. The monoisotopic (exact) mass is 335 g/mol. The van der Waals surface area contributed by atoms with Gasteiger partial charge in [-0.05, 0) is 48.6 Å². The fourth-order valence-electron chi connectivity index (χ4n) is 3.15. The summed E-state index contributed by atoms with van der Waals surface area (Å²) in [6, 6.07) is 12.4. The summed E-state index contributed by atoms with van der Waals surface area (Å²) in [6.45, 7) is 9.07. The Hall–Kier alpha value is -2.55. The summed E-state index contributed by atoms with van der Waals surface area (Å²) in [4.78, 5) is 12.3. The maximum atomic E-state index is 12.3. The van der Waals surface area contributed by atoms with Crippen molar-refractivity contribution in [3.8, 4) is 0 Å². The van der Waals surface area contributed by atoms with Crippen LogP contribution >= 0.6 is 0 Å². The van der Waals surface area contributed by atoms with Gasteiger partial charge in [0, 0.05) is 17.5 Å². The molecule has 0 aliphatic rings. The smallest absolute Gasteiger partial charge is 0.224 e. The molecule has 0 fully saturated rings. The van der Waals surface area contributed by atoms with Gasteiger partial charge in [-0.25, -0.2) is 0 Å². The molecule has 0 aliphatic carbocycles. The van der Waals surface area contributed by atoms with Crippen LogP contribution in [0.25, 0.3) is 11.0 Å². The first-order valence-electron chi connectivity index (χ1n) is 8.77. The predicted octanol–water partition coefficient (Wildman–Crippen LogP) is 5.03. The summed E-state index contributed by atoms with van der Waals surface area (Å²) in [5.74, 6) is 0.456. The van der Waals surface area contributed by atoms with E-state index in [1.54, 1.807) is 6.26 Å². The maximum Gasteiger partial charge on any atom is 0.224 e. The van der Waals surface area contributed by atoms with Crippen molar-refractivity contribution in [2.24, 2.45) is 0 Å². The number of rotatable bonds is 5. The van der Waals surface area contributed by atoms with E-state index in [0.29, 0.717) is 18.9 Å². The van der Waals surface area contributed by atoms with Gasteiger partial charge in [0.1, 0.15) is 5.58 Å². The van der Waals surface area contributed by atoms with E-state index in [4.69, 9.17) is 4.42 Å². The van der Waals surface area contributed by atoms with Gasteiger partial charge in [-0.15, -0.1) is 0 Å². The molecular formula is C22H25NO2. The summed E-state index contributed by atoms with van der Waals surface area (Å²) in [7, 11) is 0. The van der Waals surface area contributed by atoms with Crippen molar-refractivity contribution in [3.63, 3.8) is 0 Å². The van der Waals surface area contributed by atoms with Crippen molar-refractivity contribution in [2.75, 3.05) is 0 Å². The topological polar surface area (TPSA) is 42.2 Å². The molecule has 3 rings (SSSR count). The van der Waals surface area contributed by atoms with Crippen LogP contribution < -0.4 is 5.32 Å². The highest BCUT2D eigenvalue weighted by Crippen LogP contribution is 2.29. The Bertz CT molecular complexity index is 888. The lowest BCUT2D eigenvalue weighted by atomic mass is 9.95. The second-order valence-electron chi connectivity index (χ2n) is 7.06. The molecule has 1 aromatic heterocycles. The van der Waals surface area contributed by atoms with E-state index in [2.05, 4.69) is 57.3 Å². The molecule has 3 aromatic rings. The van der Waals surface area contributed by atoms with Crippen molar-refractivity contribution in [2.45, 2.75) is 46.6 Å². The molecule has 1 heterocycles. The molecule has 1 amide bonds. The van der Waals surface area contributed by atoms with E-state index in [1.165, 1.54) is 16.7 Å². The highest BCUT2D eigenvalue weighted by atomic mass is 16.3. The van der Waals surface area contributed by atoms with Crippen molar-refractivity contribution in [1.29, 1.82) is 0 Å². The van der Waals surface area contributed by atoms with Crippen LogP contribution in [0.1, 0.15) is 47.6 Å². The van der Waals surface area contributed by atoms with Gasteiger partial charge in [0.2, 0.25) is 5.91 Å². The second kappa shape index (κ2) is 7.14. The number of carbonyl (C=O) groups excluding carboxylic acids is 1. The van der Waals surface area contributed by atoms with Crippen LogP contribution in [-0.2, 0) is 17.8 Å². The Labute approximate surface area is 149 Å². The lowest BCUT2D eigenvalue weighted by molar-refractivity contribution is -0.120. The van der Waals surface area contributed by atoms with E-state index in [-0.39, 0.29) is 5.91 Å². The van der Waals surface area contributed by atoms with Crippen LogP contribution in [0.15, 0.2) is 47.1 Å². The minimum absolute atomic E-state index is 0.00921. The molecule has 130 valence electrons. The standard InChI is InChI=1S/C22H25NO2/c1-14(2)19-11-20-18(13-25-21(20)9-16(19)4)10-22(24)23-12-17-7-5-15(3)6-8-17/h5-9,11,13-14H,10,12H2,1-4H3,(H,23,24). The van der Waals surface area contributed by atoms with Crippen molar-refractivity contribution >= 4 is 16.9 Å². The number of carbonyl (C=O) groups is 1. The Morgan fingerprint density at radius 1 is 1.12 bits per heavy atom. The maximum absolute atomic E-state index is 12.3. The summed E-state index contributed by atoms with van der Waals surface area (Å²) >= 11 is 0. The summed E-state index contributed by atoms with van der Waals surface area (Å²) in [5.41, 5.74) is 6.65. The number of furan rings is 1. The molecule has 0 aliphatic heterocycles. The van der Waals surface area contributed by atoms with Gasteiger partial charge in [0.05, 0.1) is 12.7 Å². The molecule has 1 N–H and O–H groups in total. The van der Waals surface area contributed by atoms with Crippen molar-refractivity contribution < 1.29 is 9.21 Å².